The summed E-state index contributed by atoms with van der Waals surface area (Å²) in [5.41, 5.74) is 1.93. The van der Waals surface area contributed by atoms with Crippen LogP contribution in [0.5, 0.6) is 5.88 Å². The molecule has 3 nitrogen and oxygen atoms in total. The highest BCUT2D eigenvalue weighted by Crippen LogP contribution is 2.35. The van der Waals surface area contributed by atoms with E-state index in [1.54, 1.807) is 6.20 Å². The van der Waals surface area contributed by atoms with Crippen LogP contribution < -0.4 is 4.74 Å². The Balaban J connectivity index is 1.39. The number of piperidine rings is 1. The van der Waals surface area contributed by atoms with Crippen LogP contribution in [0.3, 0.4) is 0 Å². The molecule has 0 N–H and O–H groups in total. The number of hydrogen-bond acceptors (Lipinski definition) is 3. The normalized spacial score (nSPS) is 25.8. The Hall–Kier alpha value is -2.31. The largest absolute Gasteiger partial charge is 0.474 e. The lowest BCUT2D eigenvalue weighted by Crippen LogP contribution is -2.43. The van der Waals surface area contributed by atoms with Crippen molar-refractivity contribution in [1.82, 2.24) is 9.88 Å². The molecule has 24 heavy (non-hydrogen) atoms. The Labute approximate surface area is 143 Å². The molecule has 2 aromatic rings. The minimum Gasteiger partial charge on any atom is -0.474 e. The Bertz CT molecular complexity index is 731. The van der Waals surface area contributed by atoms with Crippen LogP contribution in [0.15, 0.2) is 48.7 Å². The van der Waals surface area contributed by atoms with Crippen LogP contribution in [0.4, 0.5) is 0 Å². The highest BCUT2D eigenvalue weighted by Gasteiger charge is 2.39. The SMILES string of the molecule is CN1C2CCC1CC(Oc1ccc(C#Cc3ccccc3)cn1)C2. The molecular weight excluding hydrogens is 296 g/mol. The molecule has 2 saturated heterocycles. The Morgan fingerprint density at radius 3 is 2.33 bits per heavy atom. The number of hydrogen-bond donors (Lipinski definition) is 0. The molecule has 3 heterocycles. The zero-order chi connectivity index (χ0) is 16.4. The van der Waals surface area contributed by atoms with Crippen LogP contribution in [0.1, 0.15) is 36.8 Å². The van der Waals surface area contributed by atoms with Gasteiger partial charge in [-0.3, -0.25) is 0 Å². The summed E-state index contributed by atoms with van der Waals surface area (Å²) in [6, 6.07) is 15.3. The number of aromatic nitrogens is 1. The first-order chi connectivity index (χ1) is 11.8. The smallest absolute Gasteiger partial charge is 0.213 e. The van der Waals surface area contributed by atoms with E-state index >= 15 is 0 Å². The summed E-state index contributed by atoms with van der Waals surface area (Å²) in [4.78, 5) is 6.96. The molecular formula is C21H22N2O. The van der Waals surface area contributed by atoms with Gasteiger partial charge in [0.15, 0.2) is 0 Å². The number of nitrogens with zero attached hydrogens (tertiary/aromatic N) is 2. The van der Waals surface area contributed by atoms with Crippen molar-refractivity contribution < 1.29 is 4.74 Å². The van der Waals surface area contributed by atoms with Gasteiger partial charge in [-0.1, -0.05) is 30.0 Å². The fourth-order valence-corrected chi connectivity index (χ4v) is 3.82. The first-order valence-corrected chi connectivity index (χ1v) is 8.69. The van der Waals surface area contributed by atoms with Gasteiger partial charge < -0.3 is 9.64 Å². The van der Waals surface area contributed by atoms with Gasteiger partial charge in [-0.05, 0) is 50.9 Å². The predicted molar refractivity (Wildman–Crippen MR) is 94.9 cm³/mol. The molecule has 1 aromatic heterocycles. The van der Waals surface area contributed by atoms with Gasteiger partial charge >= 0.3 is 0 Å². The fourth-order valence-electron chi connectivity index (χ4n) is 3.82. The van der Waals surface area contributed by atoms with E-state index in [4.69, 9.17) is 4.74 Å². The van der Waals surface area contributed by atoms with E-state index in [2.05, 4.69) is 28.8 Å². The topological polar surface area (TPSA) is 25.4 Å². The number of ether oxygens (including phenoxy) is 1. The summed E-state index contributed by atoms with van der Waals surface area (Å²) in [6.45, 7) is 0. The van der Waals surface area contributed by atoms with Gasteiger partial charge in [-0.2, -0.15) is 0 Å². The van der Waals surface area contributed by atoms with Crippen molar-refractivity contribution in [3.8, 4) is 17.7 Å². The molecule has 2 aliphatic rings. The first kappa shape index (κ1) is 15.2. The summed E-state index contributed by atoms with van der Waals surface area (Å²) in [5, 5.41) is 0. The fraction of sp³-hybridized carbons (Fsp3) is 0.381. The van der Waals surface area contributed by atoms with Gasteiger partial charge in [0.1, 0.15) is 6.10 Å². The summed E-state index contributed by atoms with van der Waals surface area (Å²) < 4.78 is 6.12. The molecule has 0 spiro atoms. The van der Waals surface area contributed by atoms with E-state index in [-0.39, 0.29) is 0 Å². The maximum atomic E-state index is 6.12. The summed E-state index contributed by atoms with van der Waals surface area (Å²) in [5.74, 6) is 7.01. The Kier molecular flexibility index (Phi) is 4.23. The molecule has 1 aromatic carbocycles. The lowest BCUT2D eigenvalue weighted by atomic mass is 10.0. The first-order valence-electron chi connectivity index (χ1n) is 8.69. The van der Waals surface area contributed by atoms with Crippen molar-refractivity contribution in [3.05, 3.63) is 59.8 Å². The van der Waals surface area contributed by atoms with E-state index in [0.29, 0.717) is 24.1 Å². The zero-order valence-electron chi connectivity index (χ0n) is 14.0. The van der Waals surface area contributed by atoms with Gasteiger partial charge in [0.05, 0.1) is 0 Å². The van der Waals surface area contributed by atoms with Gasteiger partial charge in [0.25, 0.3) is 0 Å². The quantitative estimate of drug-likeness (QED) is 0.793. The molecule has 2 unspecified atom stereocenters. The molecule has 0 aliphatic carbocycles. The lowest BCUT2D eigenvalue weighted by molar-refractivity contribution is 0.0633. The minimum atomic E-state index is 0.299. The third-order valence-electron chi connectivity index (χ3n) is 5.20. The number of fused-ring (bicyclic) bond motifs is 2. The second-order valence-corrected chi connectivity index (χ2v) is 6.76. The Morgan fingerprint density at radius 2 is 1.67 bits per heavy atom. The van der Waals surface area contributed by atoms with E-state index in [0.717, 1.165) is 24.0 Å². The van der Waals surface area contributed by atoms with Crippen molar-refractivity contribution in [2.24, 2.45) is 0 Å². The molecule has 3 heteroatoms. The third kappa shape index (κ3) is 3.29. The number of rotatable bonds is 2. The molecule has 2 aliphatic heterocycles. The number of pyridine rings is 1. The Morgan fingerprint density at radius 1 is 0.958 bits per heavy atom. The molecule has 2 bridgehead atoms. The van der Waals surface area contributed by atoms with Crippen LogP contribution in [0, 0.1) is 11.8 Å². The van der Waals surface area contributed by atoms with Crippen LogP contribution in [-0.2, 0) is 0 Å². The highest BCUT2D eigenvalue weighted by atomic mass is 16.5. The van der Waals surface area contributed by atoms with Gasteiger partial charge in [0.2, 0.25) is 5.88 Å². The summed E-state index contributed by atoms with van der Waals surface area (Å²) >= 11 is 0. The highest BCUT2D eigenvalue weighted by molar-refractivity contribution is 5.42. The van der Waals surface area contributed by atoms with Crippen molar-refractivity contribution in [2.75, 3.05) is 7.05 Å². The molecule has 4 rings (SSSR count). The second kappa shape index (κ2) is 6.67. The molecule has 2 fully saturated rings. The third-order valence-corrected chi connectivity index (χ3v) is 5.20. The van der Waals surface area contributed by atoms with Gasteiger partial charge in [-0.25, -0.2) is 4.98 Å². The van der Waals surface area contributed by atoms with E-state index in [9.17, 15) is 0 Å². The molecule has 0 radical (unpaired) electrons. The number of benzene rings is 1. The standard InChI is InChI=1S/C21H22N2O/c1-23-18-10-11-19(23)14-20(13-18)24-21-12-9-17(15-22-21)8-7-16-5-3-2-4-6-16/h2-6,9,12,15,18-20H,10-11,13-14H2,1H3. The molecule has 0 saturated carbocycles. The monoisotopic (exact) mass is 318 g/mol. The van der Waals surface area contributed by atoms with Crippen molar-refractivity contribution >= 4 is 0 Å². The van der Waals surface area contributed by atoms with Crippen molar-refractivity contribution in [3.63, 3.8) is 0 Å². The van der Waals surface area contributed by atoms with Crippen LogP contribution >= 0.6 is 0 Å². The van der Waals surface area contributed by atoms with E-state index < -0.39 is 0 Å². The van der Waals surface area contributed by atoms with Crippen LogP contribution in [0.25, 0.3) is 0 Å². The average molecular weight is 318 g/mol. The molecule has 122 valence electrons. The lowest BCUT2D eigenvalue weighted by Gasteiger charge is -2.36. The van der Waals surface area contributed by atoms with Crippen molar-refractivity contribution in [2.45, 2.75) is 43.9 Å². The van der Waals surface area contributed by atoms with Gasteiger partial charge in [-0.15, -0.1) is 0 Å². The predicted octanol–water partition coefficient (Wildman–Crippen LogP) is 3.49. The zero-order valence-corrected chi connectivity index (χ0v) is 14.0. The van der Waals surface area contributed by atoms with Crippen molar-refractivity contribution in [1.29, 1.82) is 0 Å². The summed E-state index contributed by atoms with van der Waals surface area (Å²) in [6.07, 6.45) is 6.95. The maximum absolute atomic E-state index is 6.12. The van der Waals surface area contributed by atoms with Crippen LogP contribution in [0.2, 0.25) is 0 Å². The average Bonchev–Trinajstić information content (AvgIpc) is 2.83. The minimum absolute atomic E-state index is 0.299. The summed E-state index contributed by atoms with van der Waals surface area (Å²) in [7, 11) is 2.25. The molecule has 2 atom stereocenters. The van der Waals surface area contributed by atoms with Crippen LogP contribution in [-0.4, -0.2) is 35.1 Å². The molecule has 0 amide bonds. The maximum Gasteiger partial charge on any atom is 0.213 e. The van der Waals surface area contributed by atoms with E-state index in [1.807, 2.05) is 42.5 Å². The van der Waals surface area contributed by atoms with E-state index in [1.165, 1.54) is 12.8 Å². The second-order valence-electron chi connectivity index (χ2n) is 6.76. The van der Waals surface area contributed by atoms with Gasteiger partial charge in [0, 0.05) is 35.5 Å².